The Morgan fingerprint density at radius 1 is 1.08 bits per heavy atom. The van der Waals surface area contributed by atoms with Gasteiger partial charge < -0.3 is 9.47 Å². The van der Waals surface area contributed by atoms with Crippen LogP contribution in [0.1, 0.15) is 49.3 Å². The van der Waals surface area contributed by atoms with Crippen LogP contribution in [0.25, 0.3) is 6.08 Å². The Balaban J connectivity index is 2.09. The number of carbonyl (C=O) groups excluding carboxylic acids is 1. The minimum absolute atomic E-state index is 0.245. The van der Waals surface area contributed by atoms with Gasteiger partial charge in [-0.2, -0.15) is 0 Å². The van der Waals surface area contributed by atoms with Crippen LogP contribution in [-0.2, 0) is 16.1 Å². The lowest BCUT2D eigenvalue weighted by Crippen LogP contribution is -2.05. The van der Waals surface area contributed by atoms with E-state index in [1.165, 1.54) is 7.11 Å². The van der Waals surface area contributed by atoms with E-state index in [2.05, 4.69) is 6.92 Å². The van der Waals surface area contributed by atoms with Crippen LogP contribution in [0.5, 0.6) is 5.75 Å². The minimum atomic E-state index is -0.245. The quantitative estimate of drug-likeness (QED) is 0.329. The zero-order valence-electron chi connectivity index (χ0n) is 16.0. The molecule has 0 spiro atoms. The number of hydrogen-bond donors (Lipinski definition) is 0. The third-order valence-electron chi connectivity index (χ3n) is 4.32. The molecule has 0 aliphatic heterocycles. The van der Waals surface area contributed by atoms with Gasteiger partial charge in [-0.3, -0.25) is 0 Å². The first-order valence-electron chi connectivity index (χ1n) is 9.20. The Labute approximate surface area is 156 Å². The molecule has 0 N–H and O–H groups in total. The van der Waals surface area contributed by atoms with Crippen LogP contribution in [0.3, 0.4) is 0 Å². The van der Waals surface area contributed by atoms with E-state index in [1.54, 1.807) is 0 Å². The molecule has 2 aromatic carbocycles. The number of hydrogen-bond acceptors (Lipinski definition) is 3. The largest absolute Gasteiger partial charge is 0.489 e. The Bertz CT molecular complexity index is 732. The van der Waals surface area contributed by atoms with Crippen molar-refractivity contribution in [3.63, 3.8) is 0 Å². The molecule has 0 saturated carbocycles. The molecular formula is C23H28O3. The van der Waals surface area contributed by atoms with Gasteiger partial charge in [-0.1, -0.05) is 56.2 Å². The first-order chi connectivity index (χ1) is 12.6. The lowest BCUT2D eigenvalue weighted by Gasteiger charge is -2.10. The number of methoxy groups -OCH3 is 1. The molecule has 0 aliphatic rings. The summed E-state index contributed by atoms with van der Waals surface area (Å²) < 4.78 is 10.8. The third-order valence-corrected chi connectivity index (χ3v) is 4.32. The Morgan fingerprint density at radius 2 is 1.85 bits per heavy atom. The van der Waals surface area contributed by atoms with Crippen molar-refractivity contribution in [1.82, 2.24) is 0 Å². The van der Waals surface area contributed by atoms with Gasteiger partial charge in [0.2, 0.25) is 0 Å². The van der Waals surface area contributed by atoms with Gasteiger partial charge >= 0.3 is 5.97 Å². The predicted octanol–water partition coefficient (Wildman–Crippen LogP) is 5.71. The number of benzene rings is 2. The van der Waals surface area contributed by atoms with Crippen LogP contribution < -0.4 is 4.74 Å². The zero-order chi connectivity index (χ0) is 18.8. The third kappa shape index (κ3) is 6.07. The highest BCUT2D eigenvalue weighted by Gasteiger charge is 2.10. The van der Waals surface area contributed by atoms with Gasteiger partial charge in [-0.05, 0) is 54.7 Å². The van der Waals surface area contributed by atoms with E-state index in [-0.39, 0.29) is 5.97 Å². The summed E-state index contributed by atoms with van der Waals surface area (Å²) >= 11 is 0. The van der Waals surface area contributed by atoms with E-state index in [4.69, 9.17) is 9.47 Å². The molecule has 0 unspecified atom stereocenters. The van der Waals surface area contributed by atoms with Crippen molar-refractivity contribution in [1.29, 1.82) is 0 Å². The van der Waals surface area contributed by atoms with E-state index < -0.39 is 0 Å². The summed E-state index contributed by atoms with van der Waals surface area (Å²) in [5.41, 5.74) is 3.96. The summed E-state index contributed by atoms with van der Waals surface area (Å²) in [6, 6.07) is 16.0. The standard InChI is InChI=1S/C23H28O3/c1-4-5-7-12-21(23(24)25-3)16-20-13-14-22(15-18(20)2)26-17-19-10-8-6-9-11-19/h6,8-11,13-16H,4-5,7,12,17H2,1-3H3/b21-16+. The number of rotatable bonds is 9. The molecule has 0 atom stereocenters. The first kappa shape index (κ1) is 19.8. The fourth-order valence-electron chi connectivity index (χ4n) is 2.76. The fraction of sp³-hybridized carbons (Fsp3) is 0.348. The average Bonchev–Trinajstić information content (AvgIpc) is 2.67. The van der Waals surface area contributed by atoms with Gasteiger partial charge in [0.05, 0.1) is 7.11 Å². The van der Waals surface area contributed by atoms with Crippen LogP contribution >= 0.6 is 0 Å². The number of ether oxygens (including phenoxy) is 2. The molecule has 0 fully saturated rings. The van der Waals surface area contributed by atoms with Gasteiger partial charge in [0, 0.05) is 5.57 Å². The maximum atomic E-state index is 12.0. The van der Waals surface area contributed by atoms with Crippen molar-refractivity contribution >= 4 is 12.0 Å². The fourth-order valence-corrected chi connectivity index (χ4v) is 2.76. The second kappa shape index (κ2) is 10.4. The second-order valence-corrected chi connectivity index (χ2v) is 6.41. The monoisotopic (exact) mass is 352 g/mol. The van der Waals surface area contributed by atoms with Crippen LogP contribution in [0, 0.1) is 6.92 Å². The summed E-state index contributed by atoms with van der Waals surface area (Å²) in [5, 5.41) is 0. The smallest absolute Gasteiger partial charge is 0.333 e. The van der Waals surface area contributed by atoms with E-state index in [0.717, 1.165) is 53.7 Å². The Morgan fingerprint density at radius 3 is 2.50 bits per heavy atom. The molecule has 0 heterocycles. The molecule has 2 aromatic rings. The molecule has 0 radical (unpaired) electrons. The van der Waals surface area contributed by atoms with Crippen molar-refractivity contribution in [2.45, 2.75) is 46.1 Å². The number of unbranched alkanes of at least 4 members (excludes halogenated alkanes) is 2. The SMILES string of the molecule is CCCCC/C(=C\c1ccc(OCc2ccccc2)cc1C)C(=O)OC. The van der Waals surface area contributed by atoms with Gasteiger partial charge in [0.15, 0.2) is 0 Å². The van der Waals surface area contributed by atoms with Crippen molar-refractivity contribution in [3.8, 4) is 5.75 Å². The molecule has 138 valence electrons. The van der Waals surface area contributed by atoms with Crippen LogP contribution in [0.15, 0.2) is 54.1 Å². The summed E-state index contributed by atoms with van der Waals surface area (Å²) in [7, 11) is 1.43. The maximum Gasteiger partial charge on any atom is 0.333 e. The lowest BCUT2D eigenvalue weighted by molar-refractivity contribution is -0.136. The van der Waals surface area contributed by atoms with E-state index in [1.807, 2.05) is 61.5 Å². The first-order valence-corrected chi connectivity index (χ1v) is 9.20. The van der Waals surface area contributed by atoms with Crippen LogP contribution in [-0.4, -0.2) is 13.1 Å². The second-order valence-electron chi connectivity index (χ2n) is 6.41. The summed E-state index contributed by atoms with van der Waals surface area (Å²) in [6.45, 7) is 4.72. The van der Waals surface area contributed by atoms with Gasteiger partial charge in [-0.15, -0.1) is 0 Å². The van der Waals surface area contributed by atoms with Gasteiger partial charge in [0.25, 0.3) is 0 Å². The van der Waals surface area contributed by atoms with Crippen molar-refractivity contribution in [2.75, 3.05) is 7.11 Å². The summed E-state index contributed by atoms with van der Waals surface area (Å²) in [6.07, 6.45) is 5.92. The van der Waals surface area contributed by atoms with Crippen LogP contribution in [0.2, 0.25) is 0 Å². The molecule has 0 amide bonds. The molecule has 3 nitrogen and oxygen atoms in total. The highest BCUT2D eigenvalue weighted by atomic mass is 16.5. The topological polar surface area (TPSA) is 35.5 Å². The summed E-state index contributed by atoms with van der Waals surface area (Å²) in [4.78, 5) is 12.0. The van der Waals surface area contributed by atoms with Gasteiger partial charge in [0.1, 0.15) is 12.4 Å². The Hall–Kier alpha value is -2.55. The molecule has 0 bridgehead atoms. The van der Waals surface area contributed by atoms with Crippen LogP contribution in [0.4, 0.5) is 0 Å². The molecule has 2 rings (SSSR count). The molecule has 3 heteroatoms. The van der Waals surface area contributed by atoms with Crippen molar-refractivity contribution in [2.24, 2.45) is 0 Å². The molecule has 0 saturated heterocycles. The molecule has 0 aromatic heterocycles. The van der Waals surface area contributed by atoms with Gasteiger partial charge in [-0.25, -0.2) is 4.79 Å². The van der Waals surface area contributed by atoms with E-state index in [9.17, 15) is 4.79 Å². The molecule has 26 heavy (non-hydrogen) atoms. The lowest BCUT2D eigenvalue weighted by atomic mass is 10.0. The molecular weight excluding hydrogens is 324 g/mol. The average molecular weight is 352 g/mol. The van der Waals surface area contributed by atoms with Crippen molar-refractivity contribution < 1.29 is 14.3 Å². The number of aryl methyl sites for hydroxylation is 1. The number of carbonyl (C=O) groups is 1. The highest BCUT2D eigenvalue weighted by molar-refractivity contribution is 5.93. The highest BCUT2D eigenvalue weighted by Crippen LogP contribution is 2.22. The van der Waals surface area contributed by atoms with E-state index in [0.29, 0.717) is 6.61 Å². The number of esters is 1. The van der Waals surface area contributed by atoms with E-state index >= 15 is 0 Å². The maximum absolute atomic E-state index is 12.0. The van der Waals surface area contributed by atoms with Crippen molar-refractivity contribution in [3.05, 3.63) is 70.8 Å². The Kier molecular flexibility index (Phi) is 7.94. The minimum Gasteiger partial charge on any atom is -0.489 e. The summed E-state index contributed by atoms with van der Waals surface area (Å²) in [5.74, 6) is 0.582. The predicted molar refractivity (Wildman–Crippen MR) is 106 cm³/mol. The normalized spacial score (nSPS) is 11.3. The zero-order valence-corrected chi connectivity index (χ0v) is 16.0. The molecule has 0 aliphatic carbocycles.